The van der Waals surface area contributed by atoms with Crippen LogP contribution < -0.4 is 5.73 Å². The smallest absolute Gasteiger partial charge is 0.161 e. The molecule has 0 aliphatic rings. The van der Waals surface area contributed by atoms with Gasteiger partial charge in [0.2, 0.25) is 0 Å². The van der Waals surface area contributed by atoms with Gasteiger partial charge in [0, 0.05) is 0 Å². The number of fused-ring (bicyclic) bond motifs is 1. The van der Waals surface area contributed by atoms with Crippen molar-refractivity contribution in [3.8, 4) is 0 Å². The SMILES string of the molecule is NCc1nnc2cccc(Br)n12. The molecule has 2 rings (SSSR count). The molecule has 0 unspecified atom stereocenters. The number of nitrogens with zero attached hydrogens (tertiary/aromatic N) is 3. The molecule has 0 bridgehead atoms. The molecule has 0 spiro atoms. The van der Waals surface area contributed by atoms with Gasteiger partial charge in [-0.05, 0) is 28.1 Å². The molecule has 0 radical (unpaired) electrons. The van der Waals surface area contributed by atoms with Crippen molar-refractivity contribution in [2.24, 2.45) is 5.73 Å². The molecule has 62 valence electrons. The second-order valence-corrected chi connectivity index (χ2v) is 3.17. The quantitative estimate of drug-likeness (QED) is 0.738. The Morgan fingerprint density at radius 3 is 3.00 bits per heavy atom. The molecule has 0 saturated heterocycles. The lowest BCUT2D eigenvalue weighted by molar-refractivity contribution is 0.875. The Hall–Kier alpha value is -0.940. The summed E-state index contributed by atoms with van der Waals surface area (Å²) in [5.41, 5.74) is 6.30. The van der Waals surface area contributed by atoms with Crippen molar-refractivity contribution in [1.29, 1.82) is 0 Å². The van der Waals surface area contributed by atoms with Gasteiger partial charge in [-0.1, -0.05) is 6.07 Å². The van der Waals surface area contributed by atoms with Gasteiger partial charge in [0.05, 0.1) is 11.1 Å². The molecular formula is C7H7BrN4. The fourth-order valence-corrected chi connectivity index (χ4v) is 1.63. The minimum absolute atomic E-state index is 0.393. The van der Waals surface area contributed by atoms with E-state index in [1.165, 1.54) is 0 Å². The van der Waals surface area contributed by atoms with Crippen LogP contribution in [0.15, 0.2) is 22.8 Å². The summed E-state index contributed by atoms with van der Waals surface area (Å²) in [7, 11) is 0. The van der Waals surface area contributed by atoms with Gasteiger partial charge >= 0.3 is 0 Å². The second-order valence-electron chi connectivity index (χ2n) is 2.36. The number of nitrogens with two attached hydrogens (primary N) is 1. The molecule has 0 aliphatic heterocycles. The van der Waals surface area contributed by atoms with Crippen LogP contribution in [0.5, 0.6) is 0 Å². The summed E-state index contributed by atoms with van der Waals surface area (Å²) in [5.74, 6) is 0.762. The maximum absolute atomic E-state index is 5.49. The van der Waals surface area contributed by atoms with Gasteiger partial charge in [-0.2, -0.15) is 0 Å². The van der Waals surface area contributed by atoms with Gasteiger partial charge in [0.1, 0.15) is 0 Å². The molecule has 4 nitrogen and oxygen atoms in total. The molecule has 0 atom stereocenters. The largest absolute Gasteiger partial charge is 0.324 e. The molecule has 5 heteroatoms. The molecule has 0 aliphatic carbocycles. The highest BCUT2D eigenvalue weighted by atomic mass is 79.9. The summed E-state index contributed by atoms with van der Waals surface area (Å²) < 4.78 is 2.80. The molecule has 0 fully saturated rings. The van der Waals surface area contributed by atoms with Crippen molar-refractivity contribution < 1.29 is 0 Å². The summed E-state index contributed by atoms with van der Waals surface area (Å²) in [4.78, 5) is 0. The fraction of sp³-hybridized carbons (Fsp3) is 0.143. The molecule has 12 heavy (non-hydrogen) atoms. The lowest BCUT2D eigenvalue weighted by Gasteiger charge is -1.98. The number of halogens is 1. The monoisotopic (exact) mass is 226 g/mol. The highest BCUT2D eigenvalue weighted by Crippen LogP contribution is 2.13. The third-order valence-electron chi connectivity index (χ3n) is 1.63. The molecule has 2 N–H and O–H groups in total. The van der Waals surface area contributed by atoms with Crippen LogP contribution in [0.2, 0.25) is 0 Å². The van der Waals surface area contributed by atoms with Crippen molar-refractivity contribution in [3.05, 3.63) is 28.6 Å². The first kappa shape index (κ1) is 7.70. The molecule has 2 heterocycles. The van der Waals surface area contributed by atoms with E-state index in [1.54, 1.807) is 0 Å². The minimum Gasteiger partial charge on any atom is -0.324 e. The molecule has 0 amide bonds. The zero-order valence-corrected chi connectivity index (χ0v) is 7.82. The van der Waals surface area contributed by atoms with Gasteiger partial charge in [-0.25, -0.2) is 0 Å². The number of aromatic nitrogens is 3. The second kappa shape index (κ2) is 2.84. The summed E-state index contributed by atoms with van der Waals surface area (Å²) in [5, 5.41) is 7.89. The Morgan fingerprint density at radius 1 is 1.42 bits per heavy atom. The van der Waals surface area contributed by atoms with Gasteiger partial charge in [-0.3, -0.25) is 4.40 Å². The predicted octanol–water partition coefficient (Wildman–Crippen LogP) is 0.950. The summed E-state index contributed by atoms with van der Waals surface area (Å²) in [6, 6.07) is 5.72. The third-order valence-corrected chi connectivity index (χ3v) is 2.25. The summed E-state index contributed by atoms with van der Waals surface area (Å²) >= 11 is 3.40. The maximum atomic E-state index is 5.49. The van der Waals surface area contributed by atoms with Crippen LogP contribution in [0.3, 0.4) is 0 Å². The van der Waals surface area contributed by atoms with Gasteiger partial charge in [0.25, 0.3) is 0 Å². The number of hydrogen-bond donors (Lipinski definition) is 1. The molecule has 0 aromatic carbocycles. The fourth-order valence-electron chi connectivity index (χ4n) is 1.09. The van der Waals surface area contributed by atoms with Gasteiger partial charge < -0.3 is 5.73 Å². The van der Waals surface area contributed by atoms with Gasteiger partial charge in [-0.15, -0.1) is 10.2 Å². The Labute approximate surface area is 77.5 Å². The van der Waals surface area contributed by atoms with Crippen molar-refractivity contribution in [3.63, 3.8) is 0 Å². The van der Waals surface area contributed by atoms with E-state index in [4.69, 9.17) is 5.73 Å². The Morgan fingerprint density at radius 2 is 2.25 bits per heavy atom. The summed E-state index contributed by atoms with van der Waals surface area (Å²) in [6.07, 6.45) is 0. The molecule has 2 aromatic heterocycles. The zero-order valence-electron chi connectivity index (χ0n) is 6.24. The molecule has 0 saturated carbocycles. The highest BCUT2D eigenvalue weighted by molar-refractivity contribution is 9.10. The van der Waals surface area contributed by atoms with E-state index in [-0.39, 0.29) is 0 Å². The van der Waals surface area contributed by atoms with Crippen molar-refractivity contribution in [2.45, 2.75) is 6.54 Å². The minimum atomic E-state index is 0.393. The lowest BCUT2D eigenvalue weighted by atomic mass is 10.4. The normalized spacial score (nSPS) is 10.8. The Kier molecular flexibility index (Phi) is 1.82. The maximum Gasteiger partial charge on any atom is 0.161 e. The van der Waals surface area contributed by atoms with E-state index in [2.05, 4.69) is 26.1 Å². The van der Waals surface area contributed by atoms with Crippen molar-refractivity contribution >= 4 is 21.6 Å². The van der Waals surface area contributed by atoms with Crippen molar-refractivity contribution in [2.75, 3.05) is 0 Å². The van der Waals surface area contributed by atoms with E-state index >= 15 is 0 Å². The molecular weight excluding hydrogens is 220 g/mol. The first-order valence-electron chi connectivity index (χ1n) is 3.51. The van der Waals surface area contributed by atoms with Crippen LogP contribution in [0.25, 0.3) is 5.65 Å². The van der Waals surface area contributed by atoms with Crippen LogP contribution >= 0.6 is 15.9 Å². The first-order chi connectivity index (χ1) is 5.83. The van der Waals surface area contributed by atoms with E-state index in [0.717, 1.165) is 16.1 Å². The number of hydrogen-bond acceptors (Lipinski definition) is 3. The van der Waals surface area contributed by atoms with Crippen LogP contribution in [0.1, 0.15) is 5.82 Å². The zero-order chi connectivity index (χ0) is 8.55. The Bertz CT molecular complexity index is 409. The predicted molar refractivity (Wildman–Crippen MR) is 48.6 cm³/mol. The van der Waals surface area contributed by atoms with E-state index in [0.29, 0.717) is 6.54 Å². The third kappa shape index (κ3) is 1.02. The standard InChI is InChI=1S/C7H7BrN4/c8-5-2-1-3-6-10-11-7(4-9)12(5)6/h1-3H,4,9H2. The van der Waals surface area contributed by atoms with Crippen LogP contribution in [0, 0.1) is 0 Å². The van der Waals surface area contributed by atoms with E-state index < -0.39 is 0 Å². The van der Waals surface area contributed by atoms with Crippen molar-refractivity contribution in [1.82, 2.24) is 14.6 Å². The van der Waals surface area contributed by atoms with Gasteiger partial charge in [0.15, 0.2) is 11.5 Å². The number of rotatable bonds is 1. The number of pyridine rings is 1. The average Bonchev–Trinajstić information content (AvgIpc) is 2.49. The van der Waals surface area contributed by atoms with E-state index in [1.807, 2.05) is 22.6 Å². The van der Waals surface area contributed by atoms with Crippen LogP contribution in [-0.4, -0.2) is 14.6 Å². The molecule has 2 aromatic rings. The van der Waals surface area contributed by atoms with Crippen LogP contribution in [-0.2, 0) is 6.54 Å². The topological polar surface area (TPSA) is 56.2 Å². The first-order valence-corrected chi connectivity index (χ1v) is 4.31. The van der Waals surface area contributed by atoms with E-state index in [9.17, 15) is 0 Å². The lowest BCUT2D eigenvalue weighted by Crippen LogP contribution is -2.03. The average molecular weight is 227 g/mol. The highest BCUT2D eigenvalue weighted by Gasteiger charge is 2.04. The Balaban J connectivity index is 2.83. The van der Waals surface area contributed by atoms with Crippen LogP contribution in [0.4, 0.5) is 0 Å². The summed E-state index contributed by atoms with van der Waals surface area (Å²) in [6.45, 7) is 0.393.